The third-order valence-corrected chi connectivity index (χ3v) is 5.12. The Bertz CT molecular complexity index is 524. The highest BCUT2D eigenvalue weighted by atomic mass is 79.9. The normalized spacial score (nSPS) is 12.6. The van der Waals surface area contributed by atoms with E-state index in [1.165, 1.54) is 4.88 Å². The minimum Gasteiger partial charge on any atom is -0.508 e. The van der Waals surface area contributed by atoms with Gasteiger partial charge in [0.1, 0.15) is 10.1 Å². The minimum atomic E-state index is 0.178. The second-order valence-corrected chi connectivity index (χ2v) is 6.63. The third kappa shape index (κ3) is 3.48. The second-order valence-electron chi connectivity index (χ2n) is 4.03. The zero-order chi connectivity index (χ0) is 13.1. The Balaban J connectivity index is 1.98. The maximum Gasteiger partial charge on any atom is 0.115 e. The van der Waals surface area contributed by atoms with Crippen LogP contribution in [0.15, 0.2) is 34.8 Å². The van der Waals surface area contributed by atoms with Gasteiger partial charge in [0, 0.05) is 21.9 Å². The van der Waals surface area contributed by atoms with E-state index in [0.29, 0.717) is 5.75 Å². The average Bonchev–Trinajstić information content (AvgIpc) is 2.66. The second kappa shape index (κ2) is 6.06. The Morgan fingerprint density at radius 3 is 2.83 bits per heavy atom. The van der Waals surface area contributed by atoms with Crippen LogP contribution < -0.4 is 5.32 Å². The van der Waals surface area contributed by atoms with E-state index < -0.39 is 0 Å². The number of hydrogen-bond acceptors (Lipinski definition) is 3. The molecule has 2 aromatic rings. The third-order valence-electron chi connectivity index (χ3n) is 2.65. The summed E-state index contributed by atoms with van der Waals surface area (Å²) in [4.78, 5) is 1.18. The molecule has 96 valence electrons. The van der Waals surface area contributed by atoms with Crippen LogP contribution in [0.3, 0.4) is 0 Å². The van der Waals surface area contributed by atoms with Gasteiger partial charge in [0.15, 0.2) is 0 Å². The summed E-state index contributed by atoms with van der Waals surface area (Å²) in [7, 11) is 0. The molecule has 0 fully saturated rings. The molecule has 0 amide bonds. The summed E-state index contributed by atoms with van der Waals surface area (Å²) in [6.45, 7) is 2.83. The highest BCUT2D eigenvalue weighted by Crippen LogP contribution is 2.32. The number of aromatic hydroxyl groups is 1. The summed E-state index contributed by atoms with van der Waals surface area (Å²) in [5.41, 5.74) is 1.07. The van der Waals surface area contributed by atoms with E-state index >= 15 is 0 Å². The number of thiophene rings is 1. The van der Waals surface area contributed by atoms with E-state index in [1.54, 1.807) is 23.5 Å². The molecule has 1 aromatic heterocycles. The number of rotatable bonds is 4. The zero-order valence-corrected chi connectivity index (χ0v) is 12.9. The number of phenols is 1. The lowest BCUT2D eigenvalue weighted by Crippen LogP contribution is -2.17. The number of benzene rings is 1. The number of nitrogens with one attached hydrogen (secondary N) is 1. The molecule has 0 aliphatic rings. The van der Waals surface area contributed by atoms with Crippen molar-refractivity contribution in [1.29, 1.82) is 0 Å². The first kappa shape index (κ1) is 13.9. The molecule has 2 N–H and O–H groups in total. The Hall–Kier alpha value is -0.550. The zero-order valence-electron chi connectivity index (χ0n) is 9.78. The maximum atomic E-state index is 9.44. The smallest absolute Gasteiger partial charge is 0.115 e. The lowest BCUT2D eigenvalue weighted by atomic mass is 10.1. The molecule has 1 aromatic carbocycles. The van der Waals surface area contributed by atoms with Gasteiger partial charge in [-0.3, -0.25) is 0 Å². The van der Waals surface area contributed by atoms with Crippen LogP contribution in [0.4, 0.5) is 0 Å². The Morgan fingerprint density at radius 2 is 2.22 bits per heavy atom. The van der Waals surface area contributed by atoms with Crippen molar-refractivity contribution in [3.63, 3.8) is 0 Å². The van der Waals surface area contributed by atoms with Crippen molar-refractivity contribution >= 4 is 38.9 Å². The van der Waals surface area contributed by atoms with Crippen LogP contribution in [0.5, 0.6) is 5.75 Å². The van der Waals surface area contributed by atoms with Crippen LogP contribution >= 0.6 is 38.9 Å². The molecule has 0 bridgehead atoms. The molecular formula is C13H13BrClNOS. The topological polar surface area (TPSA) is 32.3 Å². The van der Waals surface area contributed by atoms with Gasteiger partial charge in [-0.25, -0.2) is 0 Å². The van der Waals surface area contributed by atoms with E-state index in [4.69, 9.17) is 11.6 Å². The Morgan fingerprint density at radius 1 is 1.44 bits per heavy atom. The highest BCUT2D eigenvalue weighted by molar-refractivity contribution is 9.10. The monoisotopic (exact) mass is 345 g/mol. The standard InChI is InChI=1S/C13H13BrClNOS/c1-8(9-3-2-4-10(17)5-9)16-7-11-6-12(14)13(15)18-11/h2-6,8,16-17H,7H2,1H3. The van der Waals surface area contributed by atoms with Crippen LogP contribution in [0.1, 0.15) is 23.4 Å². The Labute approximate surface area is 124 Å². The molecule has 0 aliphatic carbocycles. The number of hydrogen-bond donors (Lipinski definition) is 2. The molecular weight excluding hydrogens is 334 g/mol. The van der Waals surface area contributed by atoms with Gasteiger partial charge in [0.05, 0.1) is 0 Å². The van der Waals surface area contributed by atoms with Crippen molar-refractivity contribution in [1.82, 2.24) is 5.32 Å². The highest BCUT2D eigenvalue weighted by Gasteiger charge is 2.08. The maximum absolute atomic E-state index is 9.44. The molecule has 5 heteroatoms. The SMILES string of the molecule is CC(NCc1cc(Br)c(Cl)s1)c1cccc(O)c1. The van der Waals surface area contributed by atoms with E-state index in [0.717, 1.165) is 20.9 Å². The fourth-order valence-electron chi connectivity index (χ4n) is 1.64. The van der Waals surface area contributed by atoms with Gasteiger partial charge >= 0.3 is 0 Å². The molecule has 0 spiro atoms. The largest absolute Gasteiger partial charge is 0.508 e. The Kier molecular flexibility index (Phi) is 4.67. The number of halogens is 2. The van der Waals surface area contributed by atoms with Crippen molar-refractivity contribution in [2.24, 2.45) is 0 Å². The molecule has 0 radical (unpaired) electrons. The van der Waals surface area contributed by atoms with E-state index in [2.05, 4.69) is 28.2 Å². The molecule has 2 nitrogen and oxygen atoms in total. The lowest BCUT2D eigenvalue weighted by Gasteiger charge is -2.13. The number of phenolic OH excluding ortho intramolecular Hbond substituents is 1. The molecule has 1 heterocycles. The van der Waals surface area contributed by atoms with Crippen LogP contribution in [-0.2, 0) is 6.54 Å². The predicted octanol–water partition coefficient (Wildman–Crippen LogP) is 4.72. The molecule has 0 aliphatic heterocycles. The van der Waals surface area contributed by atoms with Gasteiger partial charge in [-0.05, 0) is 46.6 Å². The molecule has 1 atom stereocenters. The van der Waals surface area contributed by atoms with E-state index in [-0.39, 0.29) is 6.04 Å². The van der Waals surface area contributed by atoms with Crippen LogP contribution in [0.2, 0.25) is 4.34 Å². The molecule has 0 saturated carbocycles. The van der Waals surface area contributed by atoms with E-state index in [1.807, 2.05) is 18.2 Å². The van der Waals surface area contributed by atoms with Crippen molar-refractivity contribution < 1.29 is 5.11 Å². The van der Waals surface area contributed by atoms with E-state index in [9.17, 15) is 5.11 Å². The average molecular weight is 347 g/mol. The lowest BCUT2D eigenvalue weighted by molar-refractivity contribution is 0.472. The van der Waals surface area contributed by atoms with Crippen LogP contribution in [-0.4, -0.2) is 5.11 Å². The molecule has 18 heavy (non-hydrogen) atoms. The van der Waals surface area contributed by atoms with Gasteiger partial charge in [-0.2, -0.15) is 0 Å². The van der Waals surface area contributed by atoms with Crippen molar-refractivity contribution in [3.05, 3.63) is 49.6 Å². The van der Waals surface area contributed by atoms with Crippen molar-refractivity contribution in [3.8, 4) is 5.75 Å². The first-order chi connectivity index (χ1) is 8.56. The first-order valence-corrected chi connectivity index (χ1v) is 7.51. The summed E-state index contributed by atoms with van der Waals surface area (Å²) in [5, 5.41) is 12.8. The summed E-state index contributed by atoms with van der Waals surface area (Å²) in [6.07, 6.45) is 0. The summed E-state index contributed by atoms with van der Waals surface area (Å²) in [6, 6.07) is 9.49. The summed E-state index contributed by atoms with van der Waals surface area (Å²) in [5.74, 6) is 0.295. The summed E-state index contributed by atoms with van der Waals surface area (Å²) >= 11 is 10.9. The summed E-state index contributed by atoms with van der Waals surface area (Å²) < 4.78 is 1.72. The van der Waals surface area contributed by atoms with Crippen molar-refractivity contribution in [2.45, 2.75) is 19.5 Å². The fraction of sp³-hybridized carbons (Fsp3) is 0.231. The quantitative estimate of drug-likeness (QED) is 0.839. The van der Waals surface area contributed by atoms with Crippen LogP contribution in [0.25, 0.3) is 0 Å². The minimum absolute atomic E-state index is 0.178. The van der Waals surface area contributed by atoms with Gasteiger partial charge < -0.3 is 10.4 Å². The van der Waals surface area contributed by atoms with Gasteiger partial charge in [0.2, 0.25) is 0 Å². The van der Waals surface area contributed by atoms with Gasteiger partial charge in [-0.1, -0.05) is 23.7 Å². The van der Waals surface area contributed by atoms with Crippen LogP contribution in [0, 0.1) is 0 Å². The van der Waals surface area contributed by atoms with Gasteiger partial charge in [-0.15, -0.1) is 11.3 Å². The predicted molar refractivity (Wildman–Crippen MR) is 80.4 cm³/mol. The van der Waals surface area contributed by atoms with Gasteiger partial charge in [0.25, 0.3) is 0 Å². The molecule has 2 rings (SSSR count). The fourth-order valence-corrected chi connectivity index (χ4v) is 3.39. The van der Waals surface area contributed by atoms with Crippen molar-refractivity contribution in [2.75, 3.05) is 0 Å². The first-order valence-electron chi connectivity index (χ1n) is 5.52. The molecule has 1 unspecified atom stereocenters. The molecule has 0 saturated heterocycles.